The minimum Gasteiger partial charge on any atom is -0.319 e. The summed E-state index contributed by atoms with van der Waals surface area (Å²) in [6.07, 6.45) is 0. The van der Waals surface area contributed by atoms with Crippen LogP contribution in [0.25, 0.3) is 21.7 Å². The summed E-state index contributed by atoms with van der Waals surface area (Å²) in [5.41, 5.74) is 3.33. The van der Waals surface area contributed by atoms with E-state index in [1.165, 1.54) is 18.3 Å². The molecule has 0 N–H and O–H groups in total. The molecule has 3 nitrogen and oxygen atoms in total. The molecule has 1 heterocycles. The quantitative estimate of drug-likeness (QED) is 0.707. The zero-order chi connectivity index (χ0) is 15.5. The van der Waals surface area contributed by atoms with Crippen LogP contribution in [0.15, 0.2) is 65.7 Å². The number of rotatable bonds is 2. The van der Waals surface area contributed by atoms with Gasteiger partial charge in [-0.05, 0) is 11.1 Å². The third kappa shape index (κ3) is 2.78. The summed E-state index contributed by atoms with van der Waals surface area (Å²) in [7, 11) is 1.95. The number of hydrogen-bond acceptors (Lipinski definition) is 2. The summed E-state index contributed by atoms with van der Waals surface area (Å²) in [5, 5.41) is 0. The Morgan fingerprint density at radius 1 is 0.955 bits per heavy atom. The highest BCUT2D eigenvalue weighted by atomic mass is 32.1. The average Bonchev–Trinajstić information content (AvgIpc) is 2.85. The molecule has 0 atom stereocenters. The first kappa shape index (κ1) is 14.5. The van der Waals surface area contributed by atoms with E-state index >= 15 is 0 Å². The van der Waals surface area contributed by atoms with E-state index in [1.54, 1.807) is 0 Å². The molecule has 0 radical (unpaired) electrons. The first-order chi connectivity index (χ1) is 10.7. The molecule has 1 amide bonds. The van der Waals surface area contributed by atoms with Crippen LogP contribution in [0.5, 0.6) is 0 Å². The minimum absolute atomic E-state index is 0.184. The third-order valence-electron chi connectivity index (χ3n) is 3.37. The zero-order valence-corrected chi connectivity index (χ0v) is 13.3. The molecule has 0 saturated carbocycles. The number of amides is 1. The molecule has 3 rings (SSSR count). The van der Waals surface area contributed by atoms with Crippen LogP contribution >= 0.6 is 11.3 Å². The third-order valence-corrected chi connectivity index (χ3v) is 4.55. The Kier molecular flexibility index (Phi) is 4.02. The van der Waals surface area contributed by atoms with Gasteiger partial charge in [-0.3, -0.25) is 4.79 Å². The van der Waals surface area contributed by atoms with Crippen LogP contribution in [0.1, 0.15) is 6.92 Å². The van der Waals surface area contributed by atoms with Crippen LogP contribution in [0.3, 0.4) is 0 Å². The van der Waals surface area contributed by atoms with Gasteiger partial charge in [0.05, 0.1) is 10.6 Å². The first-order valence-corrected chi connectivity index (χ1v) is 7.84. The number of benzene rings is 2. The van der Waals surface area contributed by atoms with Crippen LogP contribution in [-0.2, 0) is 11.8 Å². The monoisotopic (exact) mass is 308 g/mol. The molecule has 110 valence electrons. The van der Waals surface area contributed by atoms with Crippen molar-refractivity contribution in [2.45, 2.75) is 6.92 Å². The Bertz CT molecular complexity index is 861. The number of carbonyl (C=O) groups is 1. The Balaban J connectivity index is 2.32. The Morgan fingerprint density at radius 3 is 2.05 bits per heavy atom. The van der Waals surface area contributed by atoms with Crippen molar-refractivity contribution in [1.29, 1.82) is 0 Å². The molecule has 4 heteroatoms. The van der Waals surface area contributed by atoms with Crippen LogP contribution in [0.4, 0.5) is 0 Å². The van der Waals surface area contributed by atoms with E-state index in [2.05, 4.69) is 29.3 Å². The highest BCUT2D eigenvalue weighted by Gasteiger charge is 2.14. The second-order valence-electron chi connectivity index (χ2n) is 4.98. The van der Waals surface area contributed by atoms with E-state index in [4.69, 9.17) is 0 Å². The molecule has 0 saturated heterocycles. The predicted octanol–water partition coefficient (Wildman–Crippen LogP) is 3.87. The molecular formula is C18H16N2OS. The van der Waals surface area contributed by atoms with Crippen molar-refractivity contribution in [1.82, 2.24) is 4.57 Å². The summed E-state index contributed by atoms with van der Waals surface area (Å²) in [6, 6.07) is 20.4. The number of aromatic nitrogens is 1. The van der Waals surface area contributed by atoms with Gasteiger partial charge < -0.3 is 4.57 Å². The highest BCUT2D eigenvalue weighted by Crippen LogP contribution is 2.33. The van der Waals surface area contributed by atoms with E-state index in [0.29, 0.717) is 4.80 Å². The summed E-state index contributed by atoms with van der Waals surface area (Å²) < 4.78 is 1.99. The molecule has 2 aromatic carbocycles. The molecule has 0 aliphatic heterocycles. The standard InChI is InChI=1S/C18H16N2OS/c1-13(21)19-18-20(2)16(14-9-5-3-6-10-14)17(22-18)15-11-7-4-8-12-15/h3-12H,1-2H3. The molecule has 3 aromatic rings. The average molecular weight is 308 g/mol. The molecule has 0 aliphatic carbocycles. The van der Waals surface area contributed by atoms with Crippen LogP contribution in [-0.4, -0.2) is 10.5 Å². The molecule has 0 bridgehead atoms. The van der Waals surface area contributed by atoms with E-state index in [-0.39, 0.29) is 5.91 Å². The van der Waals surface area contributed by atoms with Gasteiger partial charge in [0, 0.05) is 14.0 Å². The largest absolute Gasteiger partial charge is 0.319 e. The van der Waals surface area contributed by atoms with Gasteiger partial charge in [-0.1, -0.05) is 72.0 Å². The zero-order valence-electron chi connectivity index (χ0n) is 12.5. The number of carbonyl (C=O) groups excluding carboxylic acids is 1. The summed E-state index contributed by atoms with van der Waals surface area (Å²) in [5.74, 6) is -0.184. The maximum atomic E-state index is 11.4. The Labute approximate surface area is 133 Å². The van der Waals surface area contributed by atoms with Crippen LogP contribution < -0.4 is 4.80 Å². The van der Waals surface area contributed by atoms with E-state index in [1.807, 2.05) is 48.0 Å². The molecule has 0 unspecified atom stereocenters. The molecule has 0 fully saturated rings. The van der Waals surface area contributed by atoms with Crippen molar-refractivity contribution in [2.24, 2.45) is 12.0 Å². The van der Waals surface area contributed by atoms with Gasteiger partial charge in [0.25, 0.3) is 0 Å². The maximum absolute atomic E-state index is 11.4. The van der Waals surface area contributed by atoms with E-state index in [0.717, 1.165) is 21.7 Å². The lowest BCUT2D eigenvalue weighted by atomic mass is 10.1. The van der Waals surface area contributed by atoms with Gasteiger partial charge in [-0.15, -0.1) is 0 Å². The van der Waals surface area contributed by atoms with Gasteiger partial charge in [0.2, 0.25) is 5.91 Å². The van der Waals surface area contributed by atoms with Crippen LogP contribution in [0.2, 0.25) is 0 Å². The van der Waals surface area contributed by atoms with Crippen molar-refractivity contribution in [3.63, 3.8) is 0 Å². The SMILES string of the molecule is CC(=O)N=c1sc(-c2ccccc2)c(-c2ccccc2)n1C. The smallest absolute Gasteiger partial charge is 0.245 e. The number of thiazole rings is 1. The molecule has 0 aliphatic rings. The minimum atomic E-state index is -0.184. The van der Waals surface area contributed by atoms with Crippen molar-refractivity contribution in [3.05, 3.63) is 65.5 Å². The first-order valence-electron chi connectivity index (χ1n) is 7.03. The van der Waals surface area contributed by atoms with Gasteiger partial charge in [-0.2, -0.15) is 4.99 Å². The van der Waals surface area contributed by atoms with Crippen molar-refractivity contribution in [2.75, 3.05) is 0 Å². The van der Waals surface area contributed by atoms with Crippen molar-refractivity contribution >= 4 is 17.2 Å². The topological polar surface area (TPSA) is 34.4 Å². The summed E-state index contributed by atoms with van der Waals surface area (Å²) in [4.78, 5) is 17.4. The number of nitrogens with zero attached hydrogens (tertiary/aromatic N) is 2. The Hall–Kier alpha value is -2.46. The molecule has 0 spiro atoms. The maximum Gasteiger partial charge on any atom is 0.245 e. The van der Waals surface area contributed by atoms with Gasteiger partial charge in [0.15, 0.2) is 4.80 Å². The highest BCUT2D eigenvalue weighted by molar-refractivity contribution is 7.13. The molecular weight excluding hydrogens is 292 g/mol. The second kappa shape index (κ2) is 6.12. The second-order valence-corrected chi connectivity index (χ2v) is 5.96. The van der Waals surface area contributed by atoms with Gasteiger partial charge in [0.1, 0.15) is 0 Å². The van der Waals surface area contributed by atoms with Gasteiger partial charge in [-0.25, -0.2) is 0 Å². The Morgan fingerprint density at radius 2 is 1.50 bits per heavy atom. The lowest BCUT2D eigenvalue weighted by molar-refractivity contribution is -0.116. The van der Waals surface area contributed by atoms with E-state index < -0.39 is 0 Å². The predicted molar refractivity (Wildman–Crippen MR) is 90.4 cm³/mol. The molecule has 22 heavy (non-hydrogen) atoms. The lowest BCUT2D eigenvalue weighted by Crippen LogP contribution is -2.13. The van der Waals surface area contributed by atoms with Crippen molar-refractivity contribution < 1.29 is 4.79 Å². The summed E-state index contributed by atoms with van der Waals surface area (Å²) in [6.45, 7) is 1.48. The number of hydrogen-bond donors (Lipinski definition) is 0. The van der Waals surface area contributed by atoms with Crippen LogP contribution in [0, 0.1) is 0 Å². The summed E-state index contributed by atoms with van der Waals surface area (Å²) >= 11 is 1.54. The normalized spacial score (nSPS) is 11.6. The van der Waals surface area contributed by atoms with Crippen molar-refractivity contribution in [3.8, 4) is 21.7 Å². The fourth-order valence-electron chi connectivity index (χ4n) is 2.39. The molecule has 1 aromatic heterocycles. The lowest BCUT2D eigenvalue weighted by Gasteiger charge is -2.07. The van der Waals surface area contributed by atoms with Gasteiger partial charge >= 0.3 is 0 Å². The van der Waals surface area contributed by atoms with E-state index in [9.17, 15) is 4.79 Å². The fourth-order valence-corrected chi connectivity index (χ4v) is 3.58. The fraction of sp³-hybridized carbons (Fsp3) is 0.111.